The van der Waals surface area contributed by atoms with E-state index in [1.165, 1.54) is 35.7 Å². The number of carbonyl (C=O) groups is 1. The van der Waals surface area contributed by atoms with Crippen molar-refractivity contribution in [1.82, 2.24) is 4.98 Å². The van der Waals surface area contributed by atoms with Gasteiger partial charge in [0.25, 0.3) is 0 Å². The molecule has 2 heterocycles. The molecule has 1 saturated heterocycles. The van der Waals surface area contributed by atoms with Gasteiger partial charge in [0.15, 0.2) is 5.13 Å². The number of benzene rings is 1. The maximum atomic E-state index is 13.0. The molecule has 3 atom stereocenters. The van der Waals surface area contributed by atoms with Gasteiger partial charge in [-0.15, -0.1) is 34.9 Å². The second-order valence-electron chi connectivity index (χ2n) is 8.54. The summed E-state index contributed by atoms with van der Waals surface area (Å²) < 4.78 is 25.5. The lowest BCUT2D eigenvalue weighted by molar-refractivity contribution is -0.121. The van der Waals surface area contributed by atoms with E-state index in [4.69, 9.17) is 0 Å². The van der Waals surface area contributed by atoms with Crippen molar-refractivity contribution in [3.63, 3.8) is 0 Å². The first-order valence-corrected chi connectivity index (χ1v) is 15.2. The van der Waals surface area contributed by atoms with Gasteiger partial charge in [0.05, 0.1) is 16.0 Å². The van der Waals surface area contributed by atoms with Crippen molar-refractivity contribution in [1.29, 1.82) is 0 Å². The molecule has 2 aliphatic carbocycles. The van der Waals surface area contributed by atoms with E-state index < -0.39 is 10.0 Å². The van der Waals surface area contributed by atoms with Gasteiger partial charge in [0.1, 0.15) is 0 Å². The van der Waals surface area contributed by atoms with Crippen LogP contribution in [0.3, 0.4) is 0 Å². The number of nitrogens with zero attached hydrogens (tertiary/aromatic N) is 1. The monoisotopic (exact) mass is 495 g/mol. The maximum Gasteiger partial charge on any atom is 0.229 e. The zero-order valence-electron chi connectivity index (χ0n) is 17.2. The Bertz CT molecular complexity index is 1060. The summed E-state index contributed by atoms with van der Waals surface area (Å²) in [5.41, 5.74) is 2.16. The molecule has 166 valence electrons. The van der Waals surface area contributed by atoms with Gasteiger partial charge in [-0.25, -0.2) is 13.4 Å². The molecule has 1 aromatic heterocycles. The second-order valence-corrected chi connectivity index (χ2v) is 14.1. The Labute approximate surface area is 195 Å². The molecule has 5 rings (SSSR count). The Morgan fingerprint density at radius 3 is 2.35 bits per heavy atom. The summed E-state index contributed by atoms with van der Waals surface area (Å²) in [5.74, 6) is 4.01. The summed E-state index contributed by atoms with van der Waals surface area (Å²) in [5, 5.41) is 5.59. The van der Waals surface area contributed by atoms with Gasteiger partial charge in [-0.05, 0) is 49.7 Å². The van der Waals surface area contributed by atoms with E-state index in [0.717, 1.165) is 30.4 Å². The molecule has 1 amide bonds. The summed E-state index contributed by atoms with van der Waals surface area (Å²) in [6.45, 7) is 0. The van der Waals surface area contributed by atoms with Crippen LogP contribution in [-0.2, 0) is 14.8 Å². The highest BCUT2D eigenvalue weighted by atomic mass is 32.2. The number of aromatic nitrogens is 1. The summed E-state index contributed by atoms with van der Waals surface area (Å²) in [4.78, 5) is 17.6. The van der Waals surface area contributed by atoms with Crippen LogP contribution < -0.4 is 10.0 Å². The van der Waals surface area contributed by atoms with Crippen molar-refractivity contribution in [3.8, 4) is 11.3 Å². The van der Waals surface area contributed by atoms with Crippen LogP contribution in [0, 0.1) is 17.8 Å². The Balaban J connectivity index is 1.23. The molecule has 2 saturated carbocycles. The standard InChI is InChI=1S/C21H25N3O3S4/c1-31(26,27)24-17-6-2-13(3-7-17)18-12-28-20(22-18)23-19(25)14-10-15-4-5-16(11-14)21(15)29-8-9-30-21/h2-3,6-7,12,14-16,24H,4-5,8-11H2,1H3,(H,22,23,25)/t14?,15-,16+. The topological polar surface area (TPSA) is 88.2 Å². The highest BCUT2D eigenvalue weighted by Crippen LogP contribution is 2.65. The van der Waals surface area contributed by atoms with E-state index in [9.17, 15) is 13.2 Å². The van der Waals surface area contributed by atoms with Crippen molar-refractivity contribution in [2.75, 3.05) is 27.8 Å². The maximum absolute atomic E-state index is 13.0. The van der Waals surface area contributed by atoms with Gasteiger partial charge in [-0.2, -0.15) is 0 Å². The number of carbonyl (C=O) groups excluding carboxylic acids is 1. The van der Waals surface area contributed by atoms with Crippen LogP contribution in [0.4, 0.5) is 10.8 Å². The summed E-state index contributed by atoms with van der Waals surface area (Å²) in [6, 6.07) is 7.06. The number of rotatable bonds is 5. The lowest BCUT2D eigenvalue weighted by atomic mass is 9.79. The predicted molar refractivity (Wildman–Crippen MR) is 131 cm³/mol. The Kier molecular flexibility index (Phi) is 5.77. The molecular formula is C21H25N3O3S4. The van der Waals surface area contributed by atoms with Gasteiger partial charge in [-0.3, -0.25) is 9.52 Å². The zero-order valence-corrected chi connectivity index (χ0v) is 20.4. The van der Waals surface area contributed by atoms with Gasteiger partial charge in [-0.1, -0.05) is 12.1 Å². The minimum Gasteiger partial charge on any atom is -0.302 e. The quantitative estimate of drug-likeness (QED) is 0.623. The van der Waals surface area contributed by atoms with Crippen LogP contribution in [0.5, 0.6) is 0 Å². The molecule has 3 fully saturated rings. The Morgan fingerprint density at radius 1 is 1.10 bits per heavy atom. The average Bonchev–Trinajstić information content (AvgIpc) is 3.41. The smallest absolute Gasteiger partial charge is 0.229 e. The van der Waals surface area contributed by atoms with Crippen molar-refractivity contribution in [3.05, 3.63) is 29.6 Å². The van der Waals surface area contributed by atoms with Crippen molar-refractivity contribution in [2.45, 2.75) is 29.8 Å². The van der Waals surface area contributed by atoms with Crippen molar-refractivity contribution >= 4 is 61.6 Å². The first-order valence-electron chi connectivity index (χ1n) is 10.4. The van der Waals surface area contributed by atoms with Crippen LogP contribution in [0.25, 0.3) is 11.3 Å². The molecule has 10 heteroatoms. The summed E-state index contributed by atoms with van der Waals surface area (Å²) in [7, 11) is -3.30. The van der Waals surface area contributed by atoms with E-state index in [1.807, 2.05) is 17.5 Å². The van der Waals surface area contributed by atoms with Crippen LogP contribution >= 0.6 is 34.9 Å². The van der Waals surface area contributed by atoms with E-state index in [2.05, 4.69) is 38.5 Å². The van der Waals surface area contributed by atoms with Crippen LogP contribution in [0.1, 0.15) is 25.7 Å². The number of thiazole rings is 1. The fraction of sp³-hybridized carbons (Fsp3) is 0.524. The van der Waals surface area contributed by atoms with E-state index in [1.54, 1.807) is 12.1 Å². The molecule has 6 nitrogen and oxygen atoms in total. The normalized spacial score (nSPS) is 26.8. The van der Waals surface area contributed by atoms with Gasteiger partial charge < -0.3 is 5.32 Å². The third-order valence-corrected chi connectivity index (χ3v) is 11.8. The third-order valence-electron chi connectivity index (χ3n) is 6.47. The zero-order chi connectivity index (χ0) is 21.6. The number of hydrogen-bond acceptors (Lipinski definition) is 7. The molecule has 0 radical (unpaired) electrons. The number of thioether (sulfide) groups is 2. The lowest BCUT2D eigenvalue weighted by Gasteiger charge is -2.42. The Hall–Kier alpha value is -1.23. The first kappa shape index (κ1) is 21.6. The minimum absolute atomic E-state index is 0.0821. The molecular weight excluding hydrogens is 471 g/mol. The SMILES string of the molecule is CS(=O)(=O)Nc1ccc(-c2csc(NC(=O)C3C[C@H]4CC[C@@H](C3)C43SCCS3)n2)cc1. The Morgan fingerprint density at radius 2 is 1.74 bits per heavy atom. The highest BCUT2D eigenvalue weighted by Gasteiger charge is 2.57. The predicted octanol–water partition coefficient (Wildman–Crippen LogP) is 4.73. The molecule has 1 unspecified atom stereocenters. The van der Waals surface area contributed by atoms with E-state index in [-0.39, 0.29) is 11.8 Å². The molecule has 1 spiro atoms. The number of amides is 1. The number of sulfonamides is 1. The second kappa shape index (κ2) is 8.28. The average molecular weight is 496 g/mol. The van der Waals surface area contributed by atoms with Gasteiger partial charge >= 0.3 is 0 Å². The van der Waals surface area contributed by atoms with Gasteiger partial charge in [0.2, 0.25) is 15.9 Å². The largest absolute Gasteiger partial charge is 0.302 e. The van der Waals surface area contributed by atoms with Crippen LogP contribution in [0.2, 0.25) is 0 Å². The molecule has 31 heavy (non-hydrogen) atoms. The van der Waals surface area contributed by atoms with E-state index >= 15 is 0 Å². The van der Waals surface area contributed by atoms with Crippen molar-refractivity contribution < 1.29 is 13.2 Å². The summed E-state index contributed by atoms with van der Waals surface area (Å²) >= 11 is 5.72. The van der Waals surface area contributed by atoms with Crippen molar-refractivity contribution in [2.24, 2.45) is 17.8 Å². The molecule has 2 aromatic rings. The molecule has 3 aliphatic rings. The number of hydrogen-bond donors (Lipinski definition) is 2. The van der Waals surface area contributed by atoms with Gasteiger partial charge in [0, 0.05) is 34.1 Å². The number of nitrogens with one attached hydrogen (secondary N) is 2. The fourth-order valence-corrected chi connectivity index (χ4v) is 10.4. The molecule has 2 N–H and O–H groups in total. The molecule has 1 aromatic carbocycles. The van der Waals surface area contributed by atoms with Crippen LogP contribution in [0.15, 0.2) is 29.6 Å². The highest BCUT2D eigenvalue weighted by molar-refractivity contribution is 8.21. The molecule has 2 bridgehead atoms. The number of anilines is 2. The fourth-order valence-electron chi connectivity index (χ4n) is 5.21. The minimum atomic E-state index is -3.30. The van der Waals surface area contributed by atoms with E-state index in [0.29, 0.717) is 26.7 Å². The third kappa shape index (κ3) is 4.36. The van der Waals surface area contributed by atoms with Crippen LogP contribution in [-0.4, -0.2) is 41.1 Å². The molecule has 1 aliphatic heterocycles. The first-order chi connectivity index (χ1) is 14.8. The summed E-state index contributed by atoms with van der Waals surface area (Å²) in [6.07, 6.45) is 5.64. The lowest BCUT2D eigenvalue weighted by Crippen LogP contribution is -2.41.